The van der Waals surface area contributed by atoms with Crippen LogP contribution in [-0.4, -0.2) is 53.6 Å². The van der Waals surface area contributed by atoms with Crippen LogP contribution in [0.5, 0.6) is 0 Å². The SMILES string of the molecule is CC1CN(CC(=O)N(Cc2ccccc2)C(C)C)CC(C)O1. The molecular weight excluding hydrogens is 276 g/mol. The monoisotopic (exact) mass is 304 g/mol. The molecule has 4 heteroatoms. The van der Waals surface area contributed by atoms with Gasteiger partial charge in [0.05, 0.1) is 18.8 Å². The number of carbonyl (C=O) groups excluding carboxylic acids is 1. The van der Waals surface area contributed by atoms with Gasteiger partial charge in [-0.3, -0.25) is 9.69 Å². The van der Waals surface area contributed by atoms with E-state index in [4.69, 9.17) is 4.74 Å². The van der Waals surface area contributed by atoms with Gasteiger partial charge >= 0.3 is 0 Å². The van der Waals surface area contributed by atoms with E-state index < -0.39 is 0 Å². The summed E-state index contributed by atoms with van der Waals surface area (Å²) in [7, 11) is 0. The summed E-state index contributed by atoms with van der Waals surface area (Å²) in [6.07, 6.45) is 0.386. The van der Waals surface area contributed by atoms with Gasteiger partial charge in [-0.1, -0.05) is 30.3 Å². The normalized spacial score (nSPS) is 22.8. The standard InChI is InChI=1S/C18H28N2O2/c1-14(2)20(12-17-8-6-5-7-9-17)18(21)13-19-10-15(3)22-16(4)11-19/h5-9,14-16H,10-13H2,1-4H3. The second kappa shape index (κ2) is 7.75. The first kappa shape index (κ1) is 17.0. The molecular formula is C18H28N2O2. The Bertz CT molecular complexity index is 465. The Hall–Kier alpha value is -1.39. The molecule has 0 saturated carbocycles. The molecule has 1 aromatic rings. The summed E-state index contributed by atoms with van der Waals surface area (Å²) in [6, 6.07) is 10.4. The van der Waals surface area contributed by atoms with Crippen LogP contribution < -0.4 is 0 Å². The number of benzene rings is 1. The minimum Gasteiger partial charge on any atom is -0.373 e. The number of hydrogen-bond donors (Lipinski definition) is 0. The van der Waals surface area contributed by atoms with E-state index in [0.717, 1.165) is 13.1 Å². The van der Waals surface area contributed by atoms with E-state index in [1.807, 2.05) is 23.1 Å². The number of ether oxygens (including phenoxy) is 1. The molecule has 122 valence electrons. The highest BCUT2D eigenvalue weighted by molar-refractivity contribution is 5.78. The van der Waals surface area contributed by atoms with Crippen LogP contribution in [0, 0.1) is 0 Å². The lowest BCUT2D eigenvalue weighted by molar-refractivity contribution is -0.138. The fraction of sp³-hybridized carbons (Fsp3) is 0.611. The lowest BCUT2D eigenvalue weighted by Crippen LogP contribution is -2.50. The summed E-state index contributed by atoms with van der Waals surface area (Å²) >= 11 is 0. The van der Waals surface area contributed by atoms with Crippen molar-refractivity contribution in [3.8, 4) is 0 Å². The summed E-state index contributed by atoms with van der Waals surface area (Å²) in [4.78, 5) is 16.9. The Morgan fingerprint density at radius 2 is 1.82 bits per heavy atom. The predicted molar refractivity (Wildman–Crippen MR) is 88.6 cm³/mol. The molecule has 22 heavy (non-hydrogen) atoms. The van der Waals surface area contributed by atoms with Crippen molar-refractivity contribution in [3.05, 3.63) is 35.9 Å². The molecule has 0 N–H and O–H groups in total. The first-order chi connectivity index (χ1) is 10.5. The largest absolute Gasteiger partial charge is 0.373 e. The topological polar surface area (TPSA) is 32.8 Å². The first-order valence-electron chi connectivity index (χ1n) is 8.17. The third-order valence-corrected chi connectivity index (χ3v) is 3.99. The molecule has 1 aliphatic rings. The van der Waals surface area contributed by atoms with Gasteiger partial charge in [0.1, 0.15) is 0 Å². The van der Waals surface area contributed by atoms with Gasteiger partial charge in [0.15, 0.2) is 0 Å². The fourth-order valence-electron chi connectivity index (χ4n) is 3.03. The maximum atomic E-state index is 12.7. The molecule has 1 saturated heterocycles. The van der Waals surface area contributed by atoms with Crippen LogP contribution in [0.3, 0.4) is 0 Å². The fourth-order valence-corrected chi connectivity index (χ4v) is 3.03. The van der Waals surface area contributed by atoms with Crippen molar-refractivity contribution in [2.45, 2.75) is 52.5 Å². The van der Waals surface area contributed by atoms with Gasteiger partial charge in [-0.2, -0.15) is 0 Å². The molecule has 1 aliphatic heterocycles. The number of rotatable bonds is 5. The lowest BCUT2D eigenvalue weighted by atomic mass is 10.1. The van der Waals surface area contributed by atoms with Gasteiger partial charge in [-0.25, -0.2) is 0 Å². The van der Waals surface area contributed by atoms with Gasteiger partial charge < -0.3 is 9.64 Å². The smallest absolute Gasteiger partial charge is 0.237 e. The van der Waals surface area contributed by atoms with Crippen LogP contribution in [0.15, 0.2) is 30.3 Å². The van der Waals surface area contributed by atoms with Crippen molar-refractivity contribution in [1.29, 1.82) is 0 Å². The quantitative estimate of drug-likeness (QED) is 0.838. The van der Waals surface area contributed by atoms with E-state index in [9.17, 15) is 4.79 Å². The highest BCUT2D eigenvalue weighted by atomic mass is 16.5. The highest BCUT2D eigenvalue weighted by Crippen LogP contribution is 2.13. The maximum Gasteiger partial charge on any atom is 0.237 e. The average Bonchev–Trinajstić information content (AvgIpc) is 2.44. The Kier molecular flexibility index (Phi) is 5.98. The number of nitrogens with zero attached hydrogens (tertiary/aromatic N) is 2. The number of hydrogen-bond acceptors (Lipinski definition) is 3. The Balaban J connectivity index is 1.97. The van der Waals surface area contributed by atoms with Crippen molar-refractivity contribution in [2.75, 3.05) is 19.6 Å². The molecule has 2 atom stereocenters. The molecule has 2 unspecified atom stereocenters. The third kappa shape index (κ3) is 4.82. The van der Waals surface area contributed by atoms with E-state index in [1.54, 1.807) is 0 Å². The summed E-state index contributed by atoms with van der Waals surface area (Å²) in [5.41, 5.74) is 1.17. The third-order valence-electron chi connectivity index (χ3n) is 3.99. The van der Waals surface area contributed by atoms with Crippen molar-refractivity contribution in [1.82, 2.24) is 9.80 Å². The molecule has 2 rings (SSSR count). The van der Waals surface area contributed by atoms with Crippen molar-refractivity contribution < 1.29 is 9.53 Å². The van der Waals surface area contributed by atoms with E-state index >= 15 is 0 Å². The molecule has 0 aliphatic carbocycles. The lowest BCUT2D eigenvalue weighted by Gasteiger charge is -2.36. The first-order valence-corrected chi connectivity index (χ1v) is 8.17. The van der Waals surface area contributed by atoms with Crippen LogP contribution in [-0.2, 0) is 16.1 Å². The molecule has 1 fully saturated rings. The van der Waals surface area contributed by atoms with Gasteiger partial charge in [0.2, 0.25) is 5.91 Å². The van der Waals surface area contributed by atoms with E-state index in [1.165, 1.54) is 5.56 Å². The zero-order valence-electron chi connectivity index (χ0n) is 14.2. The molecule has 0 bridgehead atoms. The van der Waals surface area contributed by atoms with Gasteiger partial charge in [-0.15, -0.1) is 0 Å². The van der Waals surface area contributed by atoms with E-state index in [0.29, 0.717) is 13.1 Å². The number of morpholine rings is 1. The Labute approximate surface area is 134 Å². The summed E-state index contributed by atoms with van der Waals surface area (Å²) in [6.45, 7) is 11.1. The molecule has 0 aromatic heterocycles. The van der Waals surface area contributed by atoms with Crippen molar-refractivity contribution >= 4 is 5.91 Å². The molecule has 4 nitrogen and oxygen atoms in total. The molecule has 0 radical (unpaired) electrons. The van der Waals surface area contributed by atoms with E-state index in [2.05, 4.69) is 44.7 Å². The highest BCUT2D eigenvalue weighted by Gasteiger charge is 2.26. The van der Waals surface area contributed by atoms with Crippen LogP contribution in [0.2, 0.25) is 0 Å². The maximum absolute atomic E-state index is 12.7. The van der Waals surface area contributed by atoms with Crippen LogP contribution in [0.25, 0.3) is 0 Å². The predicted octanol–water partition coefficient (Wildman–Crippen LogP) is 2.53. The zero-order valence-corrected chi connectivity index (χ0v) is 14.2. The minimum absolute atomic E-state index is 0.193. The summed E-state index contributed by atoms with van der Waals surface area (Å²) in [5, 5.41) is 0. The van der Waals surface area contributed by atoms with Crippen LogP contribution in [0.4, 0.5) is 0 Å². The van der Waals surface area contributed by atoms with Crippen LogP contribution in [0.1, 0.15) is 33.3 Å². The minimum atomic E-state index is 0.193. The van der Waals surface area contributed by atoms with Gasteiger partial charge in [0, 0.05) is 25.7 Å². The molecule has 1 heterocycles. The van der Waals surface area contributed by atoms with Crippen molar-refractivity contribution in [3.63, 3.8) is 0 Å². The zero-order chi connectivity index (χ0) is 16.1. The average molecular weight is 304 g/mol. The summed E-state index contributed by atoms with van der Waals surface area (Å²) < 4.78 is 5.73. The number of amides is 1. The molecule has 1 aromatic carbocycles. The van der Waals surface area contributed by atoms with Crippen LogP contribution >= 0.6 is 0 Å². The van der Waals surface area contributed by atoms with Crippen molar-refractivity contribution in [2.24, 2.45) is 0 Å². The Morgan fingerprint density at radius 3 is 2.36 bits per heavy atom. The van der Waals surface area contributed by atoms with Gasteiger partial charge in [-0.05, 0) is 33.3 Å². The second-order valence-electron chi connectivity index (χ2n) is 6.55. The molecule has 0 spiro atoms. The van der Waals surface area contributed by atoms with E-state index in [-0.39, 0.29) is 24.2 Å². The van der Waals surface area contributed by atoms with Gasteiger partial charge in [0.25, 0.3) is 0 Å². The Morgan fingerprint density at radius 1 is 1.23 bits per heavy atom. The summed E-state index contributed by atoms with van der Waals surface area (Å²) in [5.74, 6) is 0.195. The second-order valence-corrected chi connectivity index (χ2v) is 6.55. The molecule has 1 amide bonds. The number of carbonyl (C=O) groups is 1.